The van der Waals surface area contributed by atoms with Crippen molar-refractivity contribution in [2.24, 2.45) is 5.73 Å². The average molecular weight is 226 g/mol. The van der Waals surface area contributed by atoms with E-state index >= 15 is 0 Å². The summed E-state index contributed by atoms with van der Waals surface area (Å²) in [6, 6.07) is 0. The highest BCUT2D eigenvalue weighted by atomic mass is 32.2. The molecule has 0 aliphatic heterocycles. The van der Waals surface area contributed by atoms with Crippen molar-refractivity contribution in [3.05, 3.63) is 0 Å². The van der Waals surface area contributed by atoms with E-state index in [1.54, 1.807) is 18.7 Å². The molecule has 0 heterocycles. The monoisotopic (exact) mass is 226 g/mol. The van der Waals surface area contributed by atoms with Gasteiger partial charge in [-0.1, -0.05) is 6.92 Å². The Labute approximate surface area is 84.7 Å². The molecule has 0 radical (unpaired) electrons. The van der Waals surface area contributed by atoms with Crippen LogP contribution in [-0.4, -0.2) is 38.3 Å². The predicted molar refractivity (Wildman–Crippen MR) is 58.4 cm³/mol. The second-order valence-electron chi connectivity index (χ2n) is 2.99. The van der Waals surface area contributed by atoms with Crippen molar-refractivity contribution in [3.63, 3.8) is 0 Å². The van der Waals surface area contributed by atoms with Crippen LogP contribution in [0.25, 0.3) is 0 Å². The summed E-state index contributed by atoms with van der Waals surface area (Å²) in [4.78, 5) is 0. The van der Waals surface area contributed by atoms with Crippen LogP contribution in [0.5, 0.6) is 0 Å². The van der Waals surface area contributed by atoms with Gasteiger partial charge in [0.05, 0.1) is 5.25 Å². The SMILES string of the molecule is CSC(C)CNS(=O)(=O)C(C)CN. The van der Waals surface area contributed by atoms with Crippen molar-refractivity contribution >= 4 is 21.8 Å². The summed E-state index contributed by atoms with van der Waals surface area (Å²) in [5.41, 5.74) is 5.27. The van der Waals surface area contributed by atoms with Crippen LogP contribution in [0.15, 0.2) is 0 Å². The number of hydrogen-bond acceptors (Lipinski definition) is 4. The van der Waals surface area contributed by atoms with E-state index in [0.717, 1.165) is 0 Å². The molecule has 0 bridgehead atoms. The summed E-state index contributed by atoms with van der Waals surface area (Å²) >= 11 is 1.63. The third-order valence-corrected chi connectivity index (χ3v) is 4.63. The molecule has 0 spiro atoms. The van der Waals surface area contributed by atoms with Crippen LogP contribution in [0.2, 0.25) is 0 Å². The highest BCUT2D eigenvalue weighted by Gasteiger charge is 2.18. The lowest BCUT2D eigenvalue weighted by Gasteiger charge is -2.14. The van der Waals surface area contributed by atoms with Crippen LogP contribution in [0.4, 0.5) is 0 Å². The molecule has 0 aliphatic rings. The molecule has 0 fully saturated rings. The molecule has 2 atom stereocenters. The summed E-state index contributed by atoms with van der Waals surface area (Å²) in [5.74, 6) is 0. The van der Waals surface area contributed by atoms with Gasteiger partial charge in [0, 0.05) is 18.3 Å². The van der Waals surface area contributed by atoms with E-state index in [0.29, 0.717) is 11.8 Å². The molecule has 0 aromatic heterocycles. The summed E-state index contributed by atoms with van der Waals surface area (Å²) in [6.45, 7) is 4.20. The first-order valence-electron chi connectivity index (χ1n) is 4.15. The Kier molecular flexibility index (Phi) is 5.95. The van der Waals surface area contributed by atoms with Crippen LogP contribution in [0.3, 0.4) is 0 Å². The highest BCUT2D eigenvalue weighted by molar-refractivity contribution is 7.99. The van der Waals surface area contributed by atoms with Crippen LogP contribution in [0, 0.1) is 0 Å². The van der Waals surface area contributed by atoms with Crippen LogP contribution < -0.4 is 10.5 Å². The first kappa shape index (κ1) is 13.2. The van der Waals surface area contributed by atoms with Gasteiger partial charge in [-0.3, -0.25) is 0 Å². The molecule has 3 N–H and O–H groups in total. The van der Waals surface area contributed by atoms with Gasteiger partial charge in [-0.2, -0.15) is 11.8 Å². The van der Waals surface area contributed by atoms with Gasteiger partial charge >= 0.3 is 0 Å². The summed E-state index contributed by atoms with van der Waals surface area (Å²) in [7, 11) is -3.20. The minimum atomic E-state index is -3.20. The molecule has 0 aromatic carbocycles. The molecule has 80 valence electrons. The zero-order valence-corrected chi connectivity index (χ0v) is 9.91. The molecule has 0 rings (SSSR count). The molecule has 2 unspecified atom stereocenters. The first-order valence-corrected chi connectivity index (χ1v) is 6.98. The maximum Gasteiger partial charge on any atom is 0.215 e. The second-order valence-corrected chi connectivity index (χ2v) is 6.45. The number of rotatable bonds is 6. The maximum atomic E-state index is 11.4. The lowest BCUT2D eigenvalue weighted by molar-refractivity contribution is 0.569. The number of hydrogen-bond donors (Lipinski definition) is 2. The van der Waals surface area contributed by atoms with Crippen LogP contribution >= 0.6 is 11.8 Å². The Morgan fingerprint density at radius 3 is 2.38 bits per heavy atom. The van der Waals surface area contributed by atoms with Gasteiger partial charge in [-0.25, -0.2) is 13.1 Å². The molecule has 0 saturated carbocycles. The molecule has 13 heavy (non-hydrogen) atoms. The Hall–Kier alpha value is 0.220. The first-order chi connectivity index (χ1) is 5.94. The fourth-order valence-corrected chi connectivity index (χ4v) is 1.96. The number of nitrogens with two attached hydrogens (primary N) is 1. The highest BCUT2D eigenvalue weighted by Crippen LogP contribution is 2.04. The minimum absolute atomic E-state index is 0.156. The molecule has 0 aromatic rings. The van der Waals surface area contributed by atoms with Crippen molar-refractivity contribution in [2.75, 3.05) is 19.3 Å². The van der Waals surface area contributed by atoms with Crippen LogP contribution in [0.1, 0.15) is 13.8 Å². The van der Waals surface area contributed by atoms with Gasteiger partial charge in [0.15, 0.2) is 0 Å². The van der Waals surface area contributed by atoms with Gasteiger partial charge in [0.2, 0.25) is 10.0 Å². The van der Waals surface area contributed by atoms with Gasteiger partial charge in [0.1, 0.15) is 0 Å². The standard InChI is InChI=1S/C7H18N2O2S2/c1-6(12-3)5-9-13(10,11)7(2)4-8/h6-7,9H,4-5,8H2,1-3H3. The summed E-state index contributed by atoms with van der Waals surface area (Å²) in [5, 5.41) is -0.221. The largest absolute Gasteiger partial charge is 0.329 e. The molecular weight excluding hydrogens is 208 g/mol. The predicted octanol–water partition coefficient (Wildman–Crippen LogP) is 0.00450. The zero-order valence-electron chi connectivity index (χ0n) is 8.28. The second kappa shape index (κ2) is 5.85. The van der Waals surface area contributed by atoms with Gasteiger partial charge in [-0.05, 0) is 13.2 Å². The normalized spacial score (nSPS) is 16.9. The van der Waals surface area contributed by atoms with Crippen molar-refractivity contribution in [2.45, 2.75) is 24.3 Å². The Bertz CT molecular complexity index is 229. The lowest BCUT2D eigenvalue weighted by atomic mass is 10.5. The third-order valence-electron chi connectivity index (χ3n) is 1.84. The van der Waals surface area contributed by atoms with E-state index in [1.165, 1.54) is 0 Å². The fraction of sp³-hybridized carbons (Fsp3) is 1.00. The van der Waals surface area contributed by atoms with Crippen molar-refractivity contribution < 1.29 is 8.42 Å². The third kappa shape index (κ3) is 4.85. The van der Waals surface area contributed by atoms with E-state index in [9.17, 15) is 8.42 Å². The van der Waals surface area contributed by atoms with E-state index < -0.39 is 15.3 Å². The minimum Gasteiger partial charge on any atom is -0.329 e. The molecule has 6 heteroatoms. The van der Waals surface area contributed by atoms with Gasteiger partial charge in [0.25, 0.3) is 0 Å². The summed E-state index contributed by atoms with van der Waals surface area (Å²) in [6.07, 6.45) is 1.95. The molecule has 4 nitrogen and oxygen atoms in total. The fourth-order valence-electron chi connectivity index (χ4n) is 0.586. The quantitative estimate of drug-likeness (QED) is 0.669. The zero-order chi connectivity index (χ0) is 10.5. The summed E-state index contributed by atoms with van der Waals surface area (Å²) < 4.78 is 25.3. The number of nitrogens with one attached hydrogen (secondary N) is 1. The average Bonchev–Trinajstić information content (AvgIpc) is 2.12. The van der Waals surface area contributed by atoms with Crippen molar-refractivity contribution in [3.8, 4) is 0 Å². The number of thioether (sulfide) groups is 1. The number of sulfonamides is 1. The van der Waals surface area contributed by atoms with E-state index in [2.05, 4.69) is 4.72 Å². The van der Waals surface area contributed by atoms with Crippen LogP contribution in [-0.2, 0) is 10.0 Å². The Morgan fingerprint density at radius 1 is 1.46 bits per heavy atom. The Morgan fingerprint density at radius 2 is 2.00 bits per heavy atom. The van der Waals surface area contributed by atoms with Crippen molar-refractivity contribution in [1.82, 2.24) is 4.72 Å². The molecule has 0 saturated heterocycles. The van der Waals surface area contributed by atoms with Crippen molar-refractivity contribution in [1.29, 1.82) is 0 Å². The van der Waals surface area contributed by atoms with E-state index in [4.69, 9.17) is 5.73 Å². The molecule has 0 amide bonds. The Balaban J connectivity index is 4.04. The van der Waals surface area contributed by atoms with Gasteiger partial charge in [-0.15, -0.1) is 0 Å². The van der Waals surface area contributed by atoms with E-state index in [1.807, 2.05) is 13.2 Å². The maximum absolute atomic E-state index is 11.4. The van der Waals surface area contributed by atoms with Gasteiger partial charge < -0.3 is 5.73 Å². The lowest BCUT2D eigenvalue weighted by Crippen LogP contribution is -2.39. The topological polar surface area (TPSA) is 72.2 Å². The molecule has 0 aliphatic carbocycles. The molecular formula is C7H18N2O2S2. The smallest absolute Gasteiger partial charge is 0.215 e. The van der Waals surface area contributed by atoms with E-state index in [-0.39, 0.29) is 6.54 Å².